The zero-order valence-corrected chi connectivity index (χ0v) is 24.1. The second-order valence-corrected chi connectivity index (χ2v) is 12.8. The number of hydrogen-bond acceptors (Lipinski definition) is 10. The molecule has 3 heterocycles. The number of fused-ring (bicyclic) bond motifs is 1. The zero-order valence-electron chi connectivity index (χ0n) is 23.2. The van der Waals surface area contributed by atoms with Crippen LogP contribution >= 0.6 is 0 Å². The highest BCUT2D eigenvalue weighted by atomic mass is 32.2. The van der Waals surface area contributed by atoms with Crippen LogP contribution in [0.5, 0.6) is 0 Å². The minimum absolute atomic E-state index is 0.0906. The van der Waals surface area contributed by atoms with E-state index in [0.717, 1.165) is 34.1 Å². The van der Waals surface area contributed by atoms with Crippen LogP contribution in [0.2, 0.25) is 0 Å². The average Bonchev–Trinajstić information content (AvgIpc) is 3.72. The molecule has 15 heteroatoms. The fraction of sp³-hybridized carbons (Fsp3) is 0.500. The smallest absolute Gasteiger partial charge is 0.407 e. The predicted molar refractivity (Wildman–Crippen MR) is 150 cm³/mol. The summed E-state index contributed by atoms with van der Waals surface area (Å²) in [4.78, 5) is 35.1. The van der Waals surface area contributed by atoms with E-state index in [-0.39, 0.29) is 48.4 Å². The van der Waals surface area contributed by atoms with Gasteiger partial charge in [-0.25, -0.2) is 13.2 Å². The van der Waals surface area contributed by atoms with Crippen molar-refractivity contribution >= 4 is 27.7 Å². The predicted octanol–water partition coefficient (Wildman–Crippen LogP) is 1.32. The standard InChI is InChI=1S/C28H34N4O10S/c33-24(16-31(15-19-6-11-26(34)29-19)43(38,39)21-9-7-20(8-10-21)32(36)37)23(14-18-4-2-1-3-5-18)30-28(35)42-25-17-41-27-22(25)12-13-40-27/h1-5,7-10,19,22-25,27,33H,6,11-17H2,(H,29,34)(H,30,35)/t19-,22-,23-,24+,25?,27+/m0/s1. The van der Waals surface area contributed by atoms with E-state index in [2.05, 4.69) is 10.6 Å². The van der Waals surface area contributed by atoms with Crippen LogP contribution in [-0.2, 0) is 35.4 Å². The van der Waals surface area contributed by atoms with E-state index < -0.39 is 58.2 Å². The first-order chi connectivity index (χ1) is 20.6. The summed E-state index contributed by atoms with van der Waals surface area (Å²) in [5, 5.41) is 28.0. The Morgan fingerprint density at radius 3 is 2.58 bits per heavy atom. The Morgan fingerprint density at radius 2 is 1.91 bits per heavy atom. The van der Waals surface area contributed by atoms with Crippen LogP contribution in [-0.4, -0.2) is 91.6 Å². The second-order valence-electron chi connectivity index (χ2n) is 10.9. The molecule has 0 aromatic heterocycles. The molecule has 5 rings (SSSR count). The van der Waals surface area contributed by atoms with Crippen molar-refractivity contribution in [1.29, 1.82) is 0 Å². The third kappa shape index (κ3) is 7.48. The molecule has 3 aliphatic heterocycles. The number of nitrogens with one attached hydrogen (secondary N) is 2. The number of nitro benzene ring substituents is 1. The fourth-order valence-electron chi connectivity index (χ4n) is 5.58. The number of carbonyl (C=O) groups is 2. The van der Waals surface area contributed by atoms with Gasteiger partial charge in [0.15, 0.2) is 6.29 Å². The van der Waals surface area contributed by atoms with E-state index in [1.807, 2.05) is 18.2 Å². The van der Waals surface area contributed by atoms with Gasteiger partial charge in [0.25, 0.3) is 5.69 Å². The molecule has 2 aromatic rings. The quantitative estimate of drug-likeness (QED) is 0.231. The molecule has 0 bridgehead atoms. The summed E-state index contributed by atoms with van der Waals surface area (Å²) in [5.41, 5.74) is 0.510. The molecule has 3 aliphatic rings. The fourth-order valence-corrected chi connectivity index (χ4v) is 7.08. The highest BCUT2D eigenvalue weighted by Crippen LogP contribution is 2.33. The van der Waals surface area contributed by atoms with Gasteiger partial charge in [-0.1, -0.05) is 30.3 Å². The summed E-state index contributed by atoms with van der Waals surface area (Å²) in [6.07, 6.45) is -1.64. The molecule has 6 atom stereocenters. The minimum Gasteiger partial charge on any atom is -0.443 e. The first kappa shape index (κ1) is 30.8. The Morgan fingerprint density at radius 1 is 1.16 bits per heavy atom. The second kappa shape index (κ2) is 13.3. The number of nitro groups is 1. The Labute approximate surface area is 248 Å². The first-order valence-electron chi connectivity index (χ1n) is 14.1. The first-order valence-corrected chi connectivity index (χ1v) is 15.5. The summed E-state index contributed by atoms with van der Waals surface area (Å²) >= 11 is 0. The third-order valence-electron chi connectivity index (χ3n) is 7.89. The van der Waals surface area contributed by atoms with E-state index in [4.69, 9.17) is 14.2 Å². The van der Waals surface area contributed by atoms with Crippen molar-refractivity contribution in [3.8, 4) is 0 Å². The van der Waals surface area contributed by atoms with Crippen LogP contribution in [0.3, 0.4) is 0 Å². The van der Waals surface area contributed by atoms with Crippen LogP contribution in [0.25, 0.3) is 0 Å². The van der Waals surface area contributed by atoms with Gasteiger partial charge in [0.05, 0.1) is 41.1 Å². The lowest BCUT2D eigenvalue weighted by atomic mass is 10.0. The number of aliphatic hydroxyl groups is 1. The number of hydrogen-bond donors (Lipinski definition) is 3. The van der Waals surface area contributed by atoms with Crippen molar-refractivity contribution in [2.75, 3.05) is 26.3 Å². The Balaban J connectivity index is 1.35. The van der Waals surface area contributed by atoms with Crippen LogP contribution in [0.4, 0.5) is 10.5 Å². The molecule has 0 saturated carbocycles. The Kier molecular flexibility index (Phi) is 9.56. The molecule has 14 nitrogen and oxygen atoms in total. The number of nitrogens with zero attached hydrogens (tertiary/aromatic N) is 2. The van der Waals surface area contributed by atoms with E-state index in [1.54, 1.807) is 12.1 Å². The maximum absolute atomic E-state index is 13.8. The molecular formula is C28H34N4O10S. The van der Waals surface area contributed by atoms with Crippen molar-refractivity contribution in [1.82, 2.24) is 14.9 Å². The van der Waals surface area contributed by atoms with Gasteiger partial charge in [-0.2, -0.15) is 4.31 Å². The van der Waals surface area contributed by atoms with Gasteiger partial charge in [-0.15, -0.1) is 0 Å². The molecule has 3 saturated heterocycles. The Bertz CT molecular complexity index is 1410. The van der Waals surface area contributed by atoms with Gasteiger partial charge in [-0.05, 0) is 37.0 Å². The van der Waals surface area contributed by atoms with Crippen LogP contribution in [0, 0.1) is 16.0 Å². The largest absolute Gasteiger partial charge is 0.443 e. The lowest BCUT2D eigenvalue weighted by molar-refractivity contribution is -0.384. The van der Waals surface area contributed by atoms with E-state index >= 15 is 0 Å². The van der Waals surface area contributed by atoms with Gasteiger partial charge in [-0.3, -0.25) is 14.9 Å². The van der Waals surface area contributed by atoms with Gasteiger partial charge in [0.1, 0.15) is 6.10 Å². The lowest BCUT2D eigenvalue weighted by Gasteiger charge is -2.31. The van der Waals surface area contributed by atoms with Crippen LogP contribution in [0.15, 0.2) is 59.5 Å². The van der Waals surface area contributed by atoms with Crippen molar-refractivity contribution in [3.05, 3.63) is 70.3 Å². The normalized spacial score (nSPS) is 24.7. The molecule has 2 amide bonds. The average molecular weight is 619 g/mol. The number of ether oxygens (including phenoxy) is 3. The lowest BCUT2D eigenvalue weighted by Crippen LogP contribution is -2.53. The van der Waals surface area contributed by atoms with Crippen molar-refractivity contribution in [3.63, 3.8) is 0 Å². The molecular weight excluding hydrogens is 584 g/mol. The molecule has 0 spiro atoms. The Hall–Kier alpha value is -3.63. The van der Waals surface area contributed by atoms with Crippen molar-refractivity contribution in [2.24, 2.45) is 5.92 Å². The molecule has 43 heavy (non-hydrogen) atoms. The topological polar surface area (TPSA) is 187 Å². The van der Waals surface area contributed by atoms with Crippen LogP contribution in [0.1, 0.15) is 24.8 Å². The number of benzene rings is 2. The number of sulfonamides is 1. The maximum atomic E-state index is 13.8. The van der Waals surface area contributed by atoms with Gasteiger partial charge >= 0.3 is 6.09 Å². The third-order valence-corrected chi connectivity index (χ3v) is 9.74. The van der Waals surface area contributed by atoms with E-state index in [9.17, 15) is 33.2 Å². The molecule has 3 N–H and O–H groups in total. The van der Waals surface area contributed by atoms with Gasteiger partial charge in [0, 0.05) is 37.7 Å². The van der Waals surface area contributed by atoms with Crippen molar-refractivity contribution in [2.45, 2.75) is 61.2 Å². The summed E-state index contributed by atoms with van der Waals surface area (Å²) in [5.74, 6) is -0.303. The highest BCUT2D eigenvalue weighted by Gasteiger charge is 2.44. The monoisotopic (exact) mass is 618 g/mol. The van der Waals surface area contributed by atoms with E-state index in [1.165, 1.54) is 0 Å². The molecule has 2 aromatic carbocycles. The number of amides is 2. The molecule has 3 fully saturated rings. The molecule has 1 unspecified atom stereocenters. The molecule has 0 radical (unpaired) electrons. The van der Waals surface area contributed by atoms with Gasteiger partial charge < -0.3 is 30.0 Å². The maximum Gasteiger partial charge on any atom is 0.407 e. The number of rotatable bonds is 12. The minimum atomic E-state index is -4.28. The summed E-state index contributed by atoms with van der Waals surface area (Å²) in [7, 11) is -4.28. The van der Waals surface area contributed by atoms with Crippen LogP contribution < -0.4 is 10.6 Å². The summed E-state index contributed by atoms with van der Waals surface area (Å²) in [6.45, 7) is 0.108. The number of aliphatic hydroxyl groups excluding tert-OH is 1. The van der Waals surface area contributed by atoms with Crippen molar-refractivity contribution < 1.29 is 42.2 Å². The molecule has 232 valence electrons. The highest BCUT2D eigenvalue weighted by molar-refractivity contribution is 7.89. The summed E-state index contributed by atoms with van der Waals surface area (Å²) < 4.78 is 45.2. The van der Waals surface area contributed by atoms with Gasteiger partial charge in [0.2, 0.25) is 15.9 Å². The number of alkyl carbamates (subject to hydrolysis) is 1. The summed E-state index contributed by atoms with van der Waals surface area (Å²) in [6, 6.07) is 12.0. The SMILES string of the molecule is O=C1CC[C@@H](CN(C[C@@H](O)[C@H](Cc2ccccc2)NC(=O)OC2CO[C@H]3OCC[C@@H]23)S(=O)(=O)c2ccc([N+](=O)[O-])cc2)N1. The van der Waals surface area contributed by atoms with E-state index in [0.29, 0.717) is 19.4 Å². The number of carbonyl (C=O) groups excluding carboxylic acids is 2. The number of non-ortho nitro benzene ring substituents is 1. The zero-order chi connectivity index (χ0) is 30.6. The molecule has 0 aliphatic carbocycles.